The highest BCUT2D eigenvalue weighted by atomic mass is 32.1. The number of hydrogen-bond acceptors (Lipinski definition) is 6. The molecule has 0 bridgehead atoms. The second-order valence-electron chi connectivity index (χ2n) is 12.6. The van der Waals surface area contributed by atoms with Crippen LogP contribution in [-0.2, 0) is 31.0 Å². The number of morpholine rings is 1. The molecule has 2 aliphatic heterocycles. The summed E-state index contributed by atoms with van der Waals surface area (Å²) in [6, 6.07) is 22.3. The van der Waals surface area contributed by atoms with Crippen molar-refractivity contribution in [3.8, 4) is 0 Å². The van der Waals surface area contributed by atoms with Gasteiger partial charge in [-0.3, -0.25) is 18.9 Å². The molecule has 6 rings (SSSR count). The Balaban J connectivity index is 1.20. The van der Waals surface area contributed by atoms with E-state index in [1.54, 1.807) is 9.80 Å². The Labute approximate surface area is 292 Å². The third-order valence-corrected chi connectivity index (χ3v) is 11.3. The molecule has 3 heterocycles. The van der Waals surface area contributed by atoms with Crippen molar-refractivity contribution in [2.45, 2.75) is 56.0 Å². The van der Waals surface area contributed by atoms with Crippen LogP contribution in [0.15, 0.2) is 84.9 Å². The van der Waals surface area contributed by atoms with Crippen LogP contribution in [-0.4, -0.2) is 75.6 Å². The van der Waals surface area contributed by atoms with E-state index in [2.05, 4.69) is 5.32 Å². The first-order valence-electron chi connectivity index (χ1n) is 16.5. The number of carbonyl (C=O) groups is 3. The third kappa shape index (κ3) is 7.82. The highest BCUT2D eigenvalue weighted by Crippen LogP contribution is 2.59. The lowest BCUT2D eigenvalue weighted by atomic mass is 10.0. The quantitative estimate of drug-likeness (QED) is 0.165. The molecule has 50 heavy (non-hydrogen) atoms. The number of nitrogens with one attached hydrogen (secondary N) is 1. The number of carbonyl (C=O) groups excluding carboxylic acids is 3. The molecular weight excluding hydrogens is 687 g/mol. The molecule has 264 valence electrons. The number of likely N-dealkylation sites (tertiary alicyclic amines) is 1. The average molecular weight is 726 g/mol. The fourth-order valence-electron chi connectivity index (χ4n) is 6.57. The van der Waals surface area contributed by atoms with Gasteiger partial charge in [-0.2, -0.15) is 8.78 Å². The van der Waals surface area contributed by atoms with Crippen molar-refractivity contribution in [2.24, 2.45) is 0 Å². The lowest BCUT2D eigenvalue weighted by Crippen LogP contribution is -2.55. The summed E-state index contributed by atoms with van der Waals surface area (Å²) in [4.78, 5) is 63.6. The van der Waals surface area contributed by atoms with Gasteiger partial charge >= 0.3 is 13.3 Å². The van der Waals surface area contributed by atoms with Gasteiger partial charge in [-0.25, -0.2) is 0 Å². The van der Waals surface area contributed by atoms with Crippen LogP contribution >= 0.6 is 18.9 Å². The summed E-state index contributed by atoms with van der Waals surface area (Å²) >= 11 is 1.01. The van der Waals surface area contributed by atoms with Gasteiger partial charge in [0.2, 0.25) is 11.8 Å². The molecule has 2 saturated heterocycles. The Morgan fingerprint density at radius 2 is 1.72 bits per heavy atom. The maximum atomic E-state index is 14.4. The average Bonchev–Trinajstić information content (AvgIpc) is 3.79. The summed E-state index contributed by atoms with van der Waals surface area (Å²) in [5.41, 5.74) is -3.21. The van der Waals surface area contributed by atoms with Crippen LogP contribution in [0.5, 0.6) is 0 Å². The van der Waals surface area contributed by atoms with E-state index in [0.29, 0.717) is 63.0 Å². The molecule has 0 spiro atoms. The third-order valence-electron chi connectivity index (χ3n) is 9.23. The topological polar surface area (TPSA) is 136 Å². The fourth-order valence-corrected chi connectivity index (χ4v) is 7.99. The Morgan fingerprint density at radius 1 is 1.00 bits per heavy atom. The minimum absolute atomic E-state index is 0.145. The van der Waals surface area contributed by atoms with E-state index >= 15 is 0 Å². The number of ether oxygens (including phenoxy) is 1. The van der Waals surface area contributed by atoms with E-state index in [-0.39, 0.29) is 28.2 Å². The van der Waals surface area contributed by atoms with Gasteiger partial charge in [0.15, 0.2) is 0 Å². The first kappa shape index (κ1) is 35.8. The number of hydrogen-bond donors (Lipinski definition) is 3. The van der Waals surface area contributed by atoms with Crippen molar-refractivity contribution >= 4 is 46.7 Å². The number of thiophene rings is 1. The van der Waals surface area contributed by atoms with Crippen molar-refractivity contribution in [3.63, 3.8) is 0 Å². The zero-order valence-electron chi connectivity index (χ0n) is 27.1. The number of aryl methyl sites for hydroxylation is 1. The SMILES string of the molecule is O=C(NC(CCCc1ccccc1)C(=O)N1CCCC1C(=O)N1CCOC(c2ccccc2)C1)c1cc2cc(C(F)(F)P(=O)(O)O)ccc2s1. The van der Waals surface area contributed by atoms with E-state index in [4.69, 9.17) is 14.5 Å². The van der Waals surface area contributed by atoms with Crippen LogP contribution in [0.25, 0.3) is 10.1 Å². The number of amides is 3. The van der Waals surface area contributed by atoms with Crippen LogP contribution in [0.1, 0.15) is 58.1 Å². The smallest absolute Gasteiger partial charge is 0.370 e. The lowest BCUT2D eigenvalue weighted by molar-refractivity contribution is -0.149. The highest BCUT2D eigenvalue weighted by Gasteiger charge is 2.50. The van der Waals surface area contributed by atoms with Crippen LogP contribution in [0.3, 0.4) is 0 Å². The molecule has 2 fully saturated rings. The normalized spacial score (nSPS) is 19.0. The summed E-state index contributed by atoms with van der Waals surface area (Å²) < 4.78 is 46.6. The van der Waals surface area contributed by atoms with E-state index < -0.39 is 36.8 Å². The van der Waals surface area contributed by atoms with Crippen LogP contribution in [0, 0.1) is 0 Å². The number of nitrogens with zero attached hydrogens (tertiary/aromatic N) is 2. The number of alkyl halides is 2. The van der Waals surface area contributed by atoms with Crippen molar-refractivity contribution in [1.29, 1.82) is 0 Å². The Kier molecular flexibility index (Phi) is 10.8. The number of benzene rings is 3. The molecule has 3 atom stereocenters. The monoisotopic (exact) mass is 725 g/mol. The van der Waals surface area contributed by atoms with Gasteiger partial charge in [-0.05, 0) is 66.8 Å². The lowest BCUT2D eigenvalue weighted by Gasteiger charge is -2.37. The molecule has 3 N–H and O–H groups in total. The minimum Gasteiger partial charge on any atom is -0.370 e. The molecule has 14 heteroatoms. The van der Waals surface area contributed by atoms with E-state index in [1.807, 2.05) is 60.7 Å². The molecule has 0 radical (unpaired) electrons. The number of halogens is 2. The molecule has 3 aromatic carbocycles. The van der Waals surface area contributed by atoms with Crippen molar-refractivity contribution in [2.75, 3.05) is 26.2 Å². The number of fused-ring (bicyclic) bond motifs is 1. The van der Waals surface area contributed by atoms with Gasteiger partial charge in [0.1, 0.15) is 18.2 Å². The zero-order chi connectivity index (χ0) is 35.5. The van der Waals surface area contributed by atoms with Crippen LogP contribution in [0.2, 0.25) is 0 Å². The highest BCUT2D eigenvalue weighted by molar-refractivity contribution is 7.52. The molecule has 4 aromatic rings. The standard InChI is InChI=1S/C36H38F2N3O7PS/c37-36(38,49(45,46)47)27-16-17-31-26(21-27)22-32(50-31)33(42)39-28(14-7-11-24-9-3-1-4-10-24)34(43)41-18-8-15-29(41)35(44)40-19-20-48-30(23-40)25-12-5-2-6-13-25/h1-6,9-10,12-13,16-17,21-22,28-30H,7-8,11,14-15,18-20,23H2,(H,39,42)(H2,45,46,47). The molecule has 1 aromatic heterocycles. The first-order valence-corrected chi connectivity index (χ1v) is 18.9. The van der Waals surface area contributed by atoms with Crippen molar-refractivity contribution in [1.82, 2.24) is 15.1 Å². The fraction of sp³-hybridized carbons (Fsp3) is 0.361. The van der Waals surface area contributed by atoms with Gasteiger partial charge in [-0.15, -0.1) is 11.3 Å². The maximum Gasteiger partial charge on any atom is 0.399 e. The van der Waals surface area contributed by atoms with E-state index in [0.717, 1.165) is 34.6 Å². The summed E-state index contributed by atoms with van der Waals surface area (Å²) in [5, 5.41) is 3.07. The van der Waals surface area contributed by atoms with Gasteiger partial charge in [-0.1, -0.05) is 66.7 Å². The van der Waals surface area contributed by atoms with E-state index in [1.165, 1.54) is 12.1 Å². The largest absolute Gasteiger partial charge is 0.399 e. The minimum atomic E-state index is -5.78. The molecule has 3 unspecified atom stereocenters. The summed E-state index contributed by atoms with van der Waals surface area (Å²) in [6.45, 7) is 1.52. The second kappa shape index (κ2) is 15.1. The van der Waals surface area contributed by atoms with Gasteiger partial charge in [0, 0.05) is 23.4 Å². The van der Waals surface area contributed by atoms with Gasteiger partial charge in [0.25, 0.3) is 5.91 Å². The molecule has 3 amide bonds. The summed E-state index contributed by atoms with van der Waals surface area (Å²) in [5.74, 6) is -1.10. The van der Waals surface area contributed by atoms with Crippen LogP contribution in [0.4, 0.5) is 8.78 Å². The first-order chi connectivity index (χ1) is 23.9. The van der Waals surface area contributed by atoms with E-state index in [9.17, 15) is 27.7 Å². The molecular formula is C36H38F2N3O7PS. The maximum absolute atomic E-state index is 14.4. The molecule has 0 aliphatic carbocycles. The molecule has 10 nitrogen and oxygen atoms in total. The van der Waals surface area contributed by atoms with Gasteiger partial charge in [0.05, 0.1) is 18.0 Å². The molecule has 0 saturated carbocycles. The van der Waals surface area contributed by atoms with Crippen molar-refractivity contribution in [3.05, 3.63) is 106 Å². The predicted molar refractivity (Wildman–Crippen MR) is 185 cm³/mol. The zero-order valence-corrected chi connectivity index (χ0v) is 28.8. The number of rotatable bonds is 11. The second-order valence-corrected chi connectivity index (χ2v) is 15.3. The Morgan fingerprint density at radius 3 is 2.44 bits per heavy atom. The Hall–Kier alpha value is -4.00. The van der Waals surface area contributed by atoms with Crippen molar-refractivity contribution < 1.29 is 42.3 Å². The Bertz CT molecular complexity index is 1890. The molecule has 2 aliphatic rings. The summed E-state index contributed by atoms with van der Waals surface area (Å²) in [7, 11) is -5.78. The summed E-state index contributed by atoms with van der Waals surface area (Å²) in [6.07, 6.45) is 2.40. The van der Waals surface area contributed by atoms with Crippen LogP contribution < -0.4 is 5.32 Å². The van der Waals surface area contributed by atoms with Gasteiger partial charge < -0.3 is 29.6 Å². The predicted octanol–water partition coefficient (Wildman–Crippen LogP) is 5.84.